The molecule has 2 aliphatic heterocycles. The van der Waals surface area contributed by atoms with Crippen molar-refractivity contribution in [2.24, 2.45) is 0 Å². The lowest BCUT2D eigenvalue weighted by atomic mass is 10.0. The fourth-order valence-electron chi connectivity index (χ4n) is 3.46. The van der Waals surface area contributed by atoms with Gasteiger partial charge in [-0.15, -0.1) is 0 Å². The maximum atomic E-state index is 13.3. The number of hydrogen-bond donors (Lipinski definition) is 2. The third kappa shape index (κ3) is 4.69. The van der Waals surface area contributed by atoms with E-state index in [1.165, 1.54) is 12.1 Å². The van der Waals surface area contributed by atoms with E-state index in [2.05, 4.69) is 15.5 Å². The summed E-state index contributed by atoms with van der Waals surface area (Å²) in [4.78, 5) is 26.8. The Labute approximate surface area is 172 Å². The minimum Gasteiger partial charge on any atom is -0.454 e. The number of amides is 2. The molecule has 2 aliphatic rings. The van der Waals surface area contributed by atoms with Crippen molar-refractivity contribution in [3.8, 4) is 11.5 Å². The average molecular weight is 415 g/mol. The first-order valence-electron chi connectivity index (χ1n) is 9.66. The van der Waals surface area contributed by atoms with Gasteiger partial charge >= 0.3 is 11.8 Å². The molecule has 1 atom stereocenters. The van der Waals surface area contributed by atoms with E-state index in [0.717, 1.165) is 5.56 Å². The number of fused-ring (bicyclic) bond motifs is 1. The van der Waals surface area contributed by atoms with E-state index >= 15 is 0 Å². The lowest BCUT2D eigenvalue weighted by Crippen LogP contribution is -2.45. The fraction of sp³-hybridized carbons (Fsp3) is 0.333. The predicted octanol–water partition coefficient (Wildman–Crippen LogP) is 1.68. The summed E-state index contributed by atoms with van der Waals surface area (Å²) in [6.07, 6.45) is 0. The second-order valence-electron chi connectivity index (χ2n) is 6.95. The second kappa shape index (κ2) is 9.10. The Morgan fingerprint density at radius 3 is 2.50 bits per heavy atom. The normalized spacial score (nSPS) is 16.7. The van der Waals surface area contributed by atoms with Gasteiger partial charge in [-0.25, -0.2) is 4.39 Å². The van der Waals surface area contributed by atoms with E-state index in [9.17, 15) is 14.0 Å². The summed E-state index contributed by atoms with van der Waals surface area (Å²) in [5.41, 5.74) is 1.29. The first-order valence-corrected chi connectivity index (χ1v) is 9.66. The van der Waals surface area contributed by atoms with Crippen LogP contribution in [0.5, 0.6) is 11.5 Å². The maximum Gasteiger partial charge on any atom is 0.313 e. The van der Waals surface area contributed by atoms with Gasteiger partial charge in [-0.3, -0.25) is 14.5 Å². The molecule has 0 saturated carbocycles. The summed E-state index contributed by atoms with van der Waals surface area (Å²) in [5.74, 6) is -0.768. The number of nitrogens with zero attached hydrogens (tertiary/aromatic N) is 1. The van der Waals surface area contributed by atoms with Crippen molar-refractivity contribution >= 4 is 17.5 Å². The van der Waals surface area contributed by atoms with Crippen LogP contribution in [0.15, 0.2) is 42.5 Å². The van der Waals surface area contributed by atoms with Gasteiger partial charge in [-0.1, -0.05) is 12.1 Å². The van der Waals surface area contributed by atoms with Gasteiger partial charge in [0.15, 0.2) is 11.5 Å². The van der Waals surface area contributed by atoms with Gasteiger partial charge in [0.2, 0.25) is 6.79 Å². The molecule has 4 rings (SSSR count). The molecule has 2 amide bonds. The molecule has 30 heavy (non-hydrogen) atoms. The van der Waals surface area contributed by atoms with Crippen molar-refractivity contribution in [1.82, 2.24) is 10.2 Å². The minimum atomic E-state index is -0.784. The molecule has 1 saturated heterocycles. The molecule has 2 heterocycles. The molecule has 0 radical (unpaired) electrons. The van der Waals surface area contributed by atoms with Crippen molar-refractivity contribution in [3.63, 3.8) is 0 Å². The van der Waals surface area contributed by atoms with E-state index in [1.54, 1.807) is 30.3 Å². The number of hydrogen-bond acceptors (Lipinski definition) is 6. The number of anilines is 1. The van der Waals surface area contributed by atoms with Crippen LogP contribution in [-0.2, 0) is 14.3 Å². The highest BCUT2D eigenvalue weighted by molar-refractivity contribution is 6.39. The molecule has 2 aromatic rings. The Kier molecular flexibility index (Phi) is 6.10. The molecule has 2 N–H and O–H groups in total. The molecule has 0 spiro atoms. The Hall–Kier alpha value is -3.17. The summed E-state index contributed by atoms with van der Waals surface area (Å²) in [7, 11) is 0. The van der Waals surface area contributed by atoms with Crippen LogP contribution in [0.2, 0.25) is 0 Å². The largest absolute Gasteiger partial charge is 0.454 e. The topological polar surface area (TPSA) is 89.1 Å². The first kappa shape index (κ1) is 20.1. The number of carbonyl (C=O) groups is 2. The summed E-state index contributed by atoms with van der Waals surface area (Å²) in [5, 5.41) is 5.23. The number of halogens is 1. The smallest absolute Gasteiger partial charge is 0.313 e. The van der Waals surface area contributed by atoms with E-state index in [0.29, 0.717) is 43.5 Å². The molecule has 0 bridgehead atoms. The third-order valence-corrected chi connectivity index (χ3v) is 5.03. The van der Waals surface area contributed by atoms with Crippen LogP contribution in [0.3, 0.4) is 0 Å². The molecule has 1 fully saturated rings. The Morgan fingerprint density at radius 2 is 1.73 bits per heavy atom. The highest BCUT2D eigenvalue weighted by Crippen LogP contribution is 2.34. The molecule has 158 valence electrons. The monoisotopic (exact) mass is 415 g/mol. The molecule has 9 heteroatoms. The highest BCUT2D eigenvalue weighted by Gasteiger charge is 2.25. The number of rotatable bonds is 5. The average Bonchev–Trinajstić information content (AvgIpc) is 3.23. The molecular formula is C21H22FN3O5. The van der Waals surface area contributed by atoms with Crippen molar-refractivity contribution in [2.45, 2.75) is 6.04 Å². The molecule has 0 aliphatic carbocycles. The van der Waals surface area contributed by atoms with E-state index in [1.807, 2.05) is 0 Å². The fourth-order valence-corrected chi connectivity index (χ4v) is 3.46. The SMILES string of the molecule is O=C(NCC(c1ccc(F)cc1)N1CCOCC1)C(=O)Nc1ccc2c(c1)OCO2. The van der Waals surface area contributed by atoms with Gasteiger partial charge in [0.1, 0.15) is 5.82 Å². The van der Waals surface area contributed by atoms with Crippen LogP contribution in [0.4, 0.5) is 10.1 Å². The van der Waals surface area contributed by atoms with E-state index in [4.69, 9.17) is 14.2 Å². The van der Waals surface area contributed by atoms with E-state index < -0.39 is 11.8 Å². The number of morpholine rings is 1. The first-order chi connectivity index (χ1) is 14.6. The number of carbonyl (C=O) groups excluding carboxylic acids is 2. The standard InChI is InChI=1S/C21H22FN3O5/c22-15-3-1-14(2-4-15)17(25-7-9-28-10-8-25)12-23-20(26)21(27)24-16-5-6-18-19(11-16)30-13-29-18/h1-6,11,17H,7-10,12-13H2,(H,23,26)(H,24,27). The van der Waals surface area contributed by atoms with Crippen molar-refractivity contribution in [1.29, 1.82) is 0 Å². The van der Waals surface area contributed by atoms with Crippen LogP contribution < -0.4 is 20.1 Å². The zero-order valence-corrected chi connectivity index (χ0v) is 16.2. The quantitative estimate of drug-likeness (QED) is 0.723. The number of nitrogens with one attached hydrogen (secondary N) is 2. The van der Waals surface area contributed by atoms with Crippen LogP contribution >= 0.6 is 0 Å². The molecular weight excluding hydrogens is 393 g/mol. The van der Waals surface area contributed by atoms with Crippen LogP contribution in [0.1, 0.15) is 11.6 Å². The zero-order valence-electron chi connectivity index (χ0n) is 16.2. The number of ether oxygens (including phenoxy) is 3. The minimum absolute atomic E-state index is 0.125. The lowest BCUT2D eigenvalue weighted by Gasteiger charge is -2.34. The van der Waals surface area contributed by atoms with Gasteiger partial charge in [0.05, 0.1) is 19.3 Å². The lowest BCUT2D eigenvalue weighted by molar-refractivity contribution is -0.136. The molecule has 1 unspecified atom stereocenters. The van der Waals surface area contributed by atoms with Gasteiger partial charge in [0.25, 0.3) is 0 Å². The molecule has 2 aromatic carbocycles. The Balaban J connectivity index is 1.38. The van der Waals surface area contributed by atoms with Gasteiger partial charge in [0, 0.05) is 31.4 Å². The van der Waals surface area contributed by atoms with Gasteiger partial charge in [-0.2, -0.15) is 0 Å². The summed E-state index contributed by atoms with van der Waals surface area (Å²) in [6.45, 7) is 2.85. The van der Waals surface area contributed by atoms with Crippen LogP contribution in [0, 0.1) is 5.82 Å². The van der Waals surface area contributed by atoms with Crippen LogP contribution in [-0.4, -0.2) is 56.4 Å². The van der Waals surface area contributed by atoms with Crippen molar-refractivity contribution < 1.29 is 28.2 Å². The number of benzene rings is 2. The third-order valence-electron chi connectivity index (χ3n) is 5.03. The Morgan fingerprint density at radius 1 is 1.00 bits per heavy atom. The van der Waals surface area contributed by atoms with Crippen molar-refractivity contribution in [2.75, 3.05) is 45.0 Å². The van der Waals surface area contributed by atoms with E-state index in [-0.39, 0.29) is 25.2 Å². The summed E-state index contributed by atoms with van der Waals surface area (Å²) < 4.78 is 29.2. The predicted molar refractivity (Wildman–Crippen MR) is 106 cm³/mol. The summed E-state index contributed by atoms with van der Waals surface area (Å²) >= 11 is 0. The zero-order chi connectivity index (χ0) is 20.9. The molecule has 0 aromatic heterocycles. The second-order valence-corrected chi connectivity index (χ2v) is 6.95. The van der Waals surface area contributed by atoms with Crippen molar-refractivity contribution in [3.05, 3.63) is 53.8 Å². The van der Waals surface area contributed by atoms with Crippen LogP contribution in [0.25, 0.3) is 0 Å². The Bertz CT molecular complexity index is 915. The van der Waals surface area contributed by atoms with Gasteiger partial charge < -0.3 is 24.8 Å². The highest BCUT2D eigenvalue weighted by atomic mass is 19.1. The molecule has 8 nitrogen and oxygen atoms in total. The maximum absolute atomic E-state index is 13.3. The van der Waals surface area contributed by atoms with Gasteiger partial charge in [-0.05, 0) is 29.8 Å². The summed E-state index contributed by atoms with van der Waals surface area (Å²) in [6, 6.07) is 10.8.